The predicted molar refractivity (Wildman–Crippen MR) is 69.2 cm³/mol. The first-order valence-electron chi connectivity index (χ1n) is 5.49. The number of para-hydroxylation sites is 1. The maximum absolute atomic E-state index is 12.1. The molecule has 1 amide bonds. The molecule has 17 heavy (non-hydrogen) atoms. The predicted octanol–water partition coefficient (Wildman–Crippen LogP) is 1.93. The maximum Gasteiger partial charge on any atom is 0.257 e. The van der Waals surface area contributed by atoms with Gasteiger partial charge in [0, 0.05) is 13.6 Å². The van der Waals surface area contributed by atoms with Crippen LogP contribution >= 0.6 is 0 Å². The fourth-order valence-electron chi connectivity index (χ4n) is 1.51. The topological polar surface area (TPSA) is 55.6 Å². The zero-order chi connectivity index (χ0) is 12.8. The molecule has 1 rings (SSSR count). The van der Waals surface area contributed by atoms with Crippen LogP contribution in [0.25, 0.3) is 0 Å². The Labute approximate surface area is 102 Å². The molecule has 4 heteroatoms. The SMILES string of the molecule is C=CCN(C)C(=O)c1cccc(N)c1OCC. The highest BCUT2D eigenvalue weighted by atomic mass is 16.5. The van der Waals surface area contributed by atoms with Crippen molar-refractivity contribution in [3.8, 4) is 5.75 Å². The molecule has 0 saturated carbocycles. The third-order valence-corrected chi connectivity index (χ3v) is 2.31. The highest BCUT2D eigenvalue weighted by Gasteiger charge is 2.17. The van der Waals surface area contributed by atoms with Crippen LogP contribution in [0.2, 0.25) is 0 Å². The zero-order valence-electron chi connectivity index (χ0n) is 10.3. The number of benzene rings is 1. The third-order valence-electron chi connectivity index (χ3n) is 2.31. The number of carbonyl (C=O) groups is 1. The van der Waals surface area contributed by atoms with Gasteiger partial charge in [-0.25, -0.2) is 0 Å². The lowest BCUT2D eigenvalue weighted by Crippen LogP contribution is -2.27. The monoisotopic (exact) mass is 234 g/mol. The summed E-state index contributed by atoms with van der Waals surface area (Å²) in [6.45, 7) is 6.42. The van der Waals surface area contributed by atoms with Gasteiger partial charge in [0.15, 0.2) is 5.75 Å². The van der Waals surface area contributed by atoms with Crippen LogP contribution in [0.3, 0.4) is 0 Å². The summed E-state index contributed by atoms with van der Waals surface area (Å²) in [7, 11) is 1.71. The second-order valence-electron chi connectivity index (χ2n) is 3.63. The number of likely N-dealkylation sites (N-methyl/N-ethyl adjacent to an activating group) is 1. The van der Waals surface area contributed by atoms with E-state index in [0.717, 1.165) is 0 Å². The van der Waals surface area contributed by atoms with E-state index in [2.05, 4.69) is 6.58 Å². The van der Waals surface area contributed by atoms with Crippen molar-refractivity contribution in [3.05, 3.63) is 36.4 Å². The van der Waals surface area contributed by atoms with Gasteiger partial charge in [-0.15, -0.1) is 6.58 Å². The number of anilines is 1. The van der Waals surface area contributed by atoms with Gasteiger partial charge in [-0.2, -0.15) is 0 Å². The maximum atomic E-state index is 12.1. The third kappa shape index (κ3) is 3.00. The van der Waals surface area contributed by atoms with Gasteiger partial charge in [0.2, 0.25) is 0 Å². The van der Waals surface area contributed by atoms with E-state index < -0.39 is 0 Å². The van der Waals surface area contributed by atoms with Gasteiger partial charge in [-0.1, -0.05) is 12.1 Å². The summed E-state index contributed by atoms with van der Waals surface area (Å²) >= 11 is 0. The number of hydrogen-bond acceptors (Lipinski definition) is 3. The lowest BCUT2D eigenvalue weighted by atomic mass is 10.1. The summed E-state index contributed by atoms with van der Waals surface area (Å²) in [4.78, 5) is 13.7. The normalized spacial score (nSPS) is 9.76. The van der Waals surface area contributed by atoms with Gasteiger partial charge in [-0.05, 0) is 19.1 Å². The molecule has 0 aliphatic heterocycles. The number of nitrogens with two attached hydrogens (primary N) is 1. The fraction of sp³-hybridized carbons (Fsp3) is 0.308. The summed E-state index contributed by atoms with van der Waals surface area (Å²) in [6.07, 6.45) is 1.67. The molecule has 0 bridgehead atoms. The first kappa shape index (κ1) is 13.1. The standard InChI is InChI=1S/C13H18N2O2/c1-4-9-15(3)13(16)10-7-6-8-11(14)12(10)17-5-2/h4,6-8H,1,5,9,14H2,2-3H3. The number of carbonyl (C=O) groups excluding carboxylic acids is 1. The van der Waals surface area contributed by atoms with Gasteiger partial charge in [0.1, 0.15) is 0 Å². The molecule has 2 N–H and O–H groups in total. The molecule has 4 nitrogen and oxygen atoms in total. The van der Waals surface area contributed by atoms with E-state index in [-0.39, 0.29) is 5.91 Å². The molecule has 92 valence electrons. The summed E-state index contributed by atoms with van der Waals surface area (Å²) in [5.74, 6) is 0.330. The molecule has 0 spiro atoms. The number of amides is 1. The lowest BCUT2D eigenvalue weighted by Gasteiger charge is -2.18. The first-order chi connectivity index (χ1) is 8.11. The van der Waals surface area contributed by atoms with Crippen molar-refractivity contribution in [2.75, 3.05) is 25.9 Å². The Kier molecular flexibility index (Phi) is 4.57. The zero-order valence-corrected chi connectivity index (χ0v) is 10.3. The Bertz CT molecular complexity index is 416. The molecule has 0 heterocycles. The summed E-state index contributed by atoms with van der Waals surface area (Å²) in [5.41, 5.74) is 6.76. The van der Waals surface area contributed by atoms with E-state index in [4.69, 9.17) is 10.5 Å². The molecule has 0 aliphatic carbocycles. The molecule has 0 radical (unpaired) electrons. The van der Waals surface area contributed by atoms with Crippen LogP contribution < -0.4 is 10.5 Å². The molecule has 0 aromatic heterocycles. The lowest BCUT2D eigenvalue weighted by molar-refractivity contribution is 0.0806. The average Bonchev–Trinajstić information content (AvgIpc) is 2.31. The van der Waals surface area contributed by atoms with Crippen LogP contribution in [0.15, 0.2) is 30.9 Å². The molecule has 1 aromatic rings. The van der Waals surface area contributed by atoms with Crippen molar-refractivity contribution in [3.63, 3.8) is 0 Å². The quantitative estimate of drug-likeness (QED) is 0.625. The van der Waals surface area contributed by atoms with Crippen molar-refractivity contribution in [2.45, 2.75) is 6.92 Å². The van der Waals surface area contributed by atoms with E-state index in [1.54, 1.807) is 36.2 Å². The molecule has 1 aromatic carbocycles. The Morgan fingerprint density at radius 2 is 2.29 bits per heavy atom. The van der Waals surface area contributed by atoms with Gasteiger partial charge in [0.25, 0.3) is 5.91 Å². The van der Waals surface area contributed by atoms with Crippen LogP contribution in [0, 0.1) is 0 Å². The smallest absolute Gasteiger partial charge is 0.257 e. The Morgan fingerprint density at radius 1 is 1.59 bits per heavy atom. The van der Waals surface area contributed by atoms with Crippen molar-refractivity contribution in [2.24, 2.45) is 0 Å². The molecule has 0 aliphatic rings. The Morgan fingerprint density at radius 3 is 2.88 bits per heavy atom. The van der Waals surface area contributed by atoms with E-state index in [1.165, 1.54) is 0 Å². The van der Waals surface area contributed by atoms with Crippen molar-refractivity contribution < 1.29 is 9.53 Å². The minimum absolute atomic E-state index is 0.124. The molecule has 0 saturated heterocycles. The number of nitrogen functional groups attached to an aromatic ring is 1. The number of nitrogens with zero attached hydrogens (tertiary/aromatic N) is 1. The number of rotatable bonds is 5. The van der Waals surface area contributed by atoms with Gasteiger partial charge < -0.3 is 15.4 Å². The highest BCUT2D eigenvalue weighted by Crippen LogP contribution is 2.27. The molecular formula is C13H18N2O2. The summed E-state index contributed by atoms with van der Waals surface area (Å²) in [6, 6.07) is 5.17. The van der Waals surface area contributed by atoms with E-state index in [9.17, 15) is 4.79 Å². The van der Waals surface area contributed by atoms with Crippen LogP contribution in [0.1, 0.15) is 17.3 Å². The van der Waals surface area contributed by atoms with Crippen molar-refractivity contribution in [1.29, 1.82) is 0 Å². The number of hydrogen-bond donors (Lipinski definition) is 1. The van der Waals surface area contributed by atoms with Gasteiger partial charge >= 0.3 is 0 Å². The van der Waals surface area contributed by atoms with Crippen LogP contribution in [-0.2, 0) is 0 Å². The second-order valence-corrected chi connectivity index (χ2v) is 3.63. The number of ether oxygens (including phenoxy) is 1. The van der Waals surface area contributed by atoms with Crippen molar-refractivity contribution in [1.82, 2.24) is 4.90 Å². The first-order valence-corrected chi connectivity index (χ1v) is 5.49. The Hall–Kier alpha value is -1.97. The summed E-state index contributed by atoms with van der Waals surface area (Å²) < 4.78 is 5.42. The van der Waals surface area contributed by atoms with Crippen LogP contribution in [0.5, 0.6) is 5.75 Å². The van der Waals surface area contributed by atoms with Gasteiger partial charge in [-0.3, -0.25) is 4.79 Å². The fourth-order valence-corrected chi connectivity index (χ4v) is 1.51. The molecule has 0 fully saturated rings. The minimum atomic E-state index is -0.124. The van der Waals surface area contributed by atoms with Crippen molar-refractivity contribution >= 4 is 11.6 Å². The molecule has 0 unspecified atom stereocenters. The van der Waals surface area contributed by atoms with Crippen LogP contribution in [0.4, 0.5) is 5.69 Å². The van der Waals surface area contributed by atoms with Gasteiger partial charge in [0.05, 0.1) is 17.9 Å². The van der Waals surface area contributed by atoms with Crippen LogP contribution in [-0.4, -0.2) is 31.0 Å². The largest absolute Gasteiger partial charge is 0.491 e. The Balaban J connectivity index is 3.07. The van der Waals surface area contributed by atoms with E-state index in [0.29, 0.717) is 30.2 Å². The highest BCUT2D eigenvalue weighted by molar-refractivity contribution is 5.98. The molecular weight excluding hydrogens is 216 g/mol. The van der Waals surface area contributed by atoms with E-state index >= 15 is 0 Å². The minimum Gasteiger partial charge on any atom is -0.491 e. The second kappa shape index (κ2) is 5.94. The average molecular weight is 234 g/mol. The van der Waals surface area contributed by atoms with E-state index in [1.807, 2.05) is 6.92 Å². The summed E-state index contributed by atoms with van der Waals surface area (Å²) in [5, 5.41) is 0. The molecule has 0 atom stereocenters.